The third-order valence-corrected chi connectivity index (χ3v) is 12.4. The van der Waals surface area contributed by atoms with Crippen molar-refractivity contribution >= 4 is 33.3 Å². The van der Waals surface area contributed by atoms with Gasteiger partial charge in [0.15, 0.2) is 0 Å². The average Bonchev–Trinajstić information content (AvgIpc) is 3.80. The summed E-state index contributed by atoms with van der Waals surface area (Å²) in [4.78, 5) is 7.70. The molecule has 58 heavy (non-hydrogen) atoms. The molecule has 4 nitrogen and oxygen atoms in total. The van der Waals surface area contributed by atoms with Crippen LogP contribution in [0.1, 0.15) is 45.1 Å². The highest BCUT2D eigenvalue weighted by atomic mass is 16.5. The fourth-order valence-electron chi connectivity index (χ4n) is 9.84. The number of hydrogen-bond donors (Lipinski definition) is 0. The summed E-state index contributed by atoms with van der Waals surface area (Å²) in [6.07, 6.45) is 2.00. The molecular weight excluding hydrogens is 709 g/mol. The van der Waals surface area contributed by atoms with Gasteiger partial charge >= 0.3 is 0 Å². The Kier molecular flexibility index (Phi) is 7.09. The SMILES string of the molecule is CN1C(c2ccccc2-c2ccc3c(c2)Oc2ccccc2C32c3ccccc3-c3ccccc32)=CC(c2ccc3c(c2)oc2ccccc23)=NC1c1ccccc1. The predicted molar refractivity (Wildman–Crippen MR) is 234 cm³/mol. The molecule has 0 saturated carbocycles. The summed E-state index contributed by atoms with van der Waals surface area (Å²) >= 11 is 0. The molecule has 2 aliphatic heterocycles. The fraction of sp³-hybridized carbons (Fsp3) is 0.0556. The van der Waals surface area contributed by atoms with Gasteiger partial charge in [0.05, 0.1) is 11.1 Å². The molecule has 0 radical (unpaired) electrons. The van der Waals surface area contributed by atoms with Crippen LogP contribution in [0.4, 0.5) is 0 Å². The minimum atomic E-state index is -0.503. The molecule has 1 spiro atoms. The molecule has 12 rings (SSSR count). The Bertz CT molecular complexity index is 3140. The lowest BCUT2D eigenvalue weighted by Crippen LogP contribution is -2.32. The zero-order valence-corrected chi connectivity index (χ0v) is 31.8. The molecule has 1 aliphatic carbocycles. The Balaban J connectivity index is 1.02. The van der Waals surface area contributed by atoms with Gasteiger partial charge in [0.2, 0.25) is 0 Å². The van der Waals surface area contributed by atoms with Crippen molar-refractivity contribution in [3.05, 3.63) is 233 Å². The number of aliphatic imine (C=N–C) groups is 1. The van der Waals surface area contributed by atoms with E-state index in [2.05, 4.69) is 194 Å². The molecule has 3 heterocycles. The number of ether oxygens (including phenoxy) is 1. The first-order chi connectivity index (χ1) is 28.7. The number of fused-ring (bicyclic) bond motifs is 12. The van der Waals surface area contributed by atoms with Crippen LogP contribution in [0.15, 0.2) is 204 Å². The number of rotatable bonds is 4. The summed E-state index contributed by atoms with van der Waals surface area (Å²) in [5, 5.41) is 2.22. The fourth-order valence-corrected chi connectivity index (χ4v) is 9.84. The van der Waals surface area contributed by atoms with Gasteiger partial charge in [-0.3, -0.25) is 4.99 Å². The zero-order chi connectivity index (χ0) is 38.4. The van der Waals surface area contributed by atoms with E-state index in [9.17, 15) is 0 Å². The molecule has 0 fully saturated rings. The summed E-state index contributed by atoms with van der Waals surface area (Å²) in [5.74, 6) is 1.75. The highest BCUT2D eigenvalue weighted by Gasteiger charge is 2.51. The highest BCUT2D eigenvalue weighted by molar-refractivity contribution is 6.16. The lowest BCUT2D eigenvalue weighted by atomic mass is 9.66. The van der Waals surface area contributed by atoms with E-state index in [4.69, 9.17) is 14.1 Å². The van der Waals surface area contributed by atoms with Crippen molar-refractivity contribution in [2.24, 2.45) is 4.99 Å². The molecule has 3 aliphatic rings. The number of allylic oxidation sites excluding steroid dienone is 1. The minimum Gasteiger partial charge on any atom is -0.457 e. The summed E-state index contributed by atoms with van der Waals surface area (Å²) in [7, 11) is 2.15. The summed E-state index contributed by atoms with van der Waals surface area (Å²) in [5.41, 5.74) is 16.1. The van der Waals surface area contributed by atoms with Gasteiger partial charge in [-0.2, -0.15) is 0 Å². The van der Waals surface area contributed by atoms with E-state index in [1.165, 1.54) is 27.8 Å². The van der Waals surface area contributed by atoms with Gasteiger partial charge in [-0.1, -0.05) is 158 Å². The first-order valence-corrected chi connectivity index (χ1v) is 19.9. The van der Waals surface area contributed by atoms with Crippen molar-refractivity contribution in [1.29, 1.82) is 0 Å². The number of furan rings is 1. The second kappa shape index (κ2) is 12.5. The van der Waals surface area contributed by atoms with Crippen molar-refractivity contribution < 1.29 is 9.15 Å². The third kappa shape index (κ3) is 4.66. The highest BCUT2D eigenvalue weighted by Crippen LogP contribution is 2.62. The summed E-state index contributed by atoms with van der Waals surface area (Å²) < 4.78 is 13.3. The summed E-state index contributed by atoms with van der Waals surface area (Å²) in [6, 6.07) is 67.1. The Hall–Kier alpha value is -7.43. The van der Waals surface area contributed by atoms with Crippen LogP contribution in [0.5, 0.6) is 11.5 Å². The standard InChI is InChI=1S/C54H36N2O2/c1-56-48(33-47(55-53(56)34-15-3-2-4-16-34)36-27-29-42-41-21-9-13-25-49(41)57-51(42)32-36)40-20-6-5-17-37(40)35-28-30-46-52(31-35)58-50-26-14-12-24-45(50)54(46)43-22-10-7-18-38(43)39-19-8-11-23-44(39)54/h2-33,53H,1H3. The predicted octanol–water partition coefficient (Wildman–Crippen LogP) is 13.2. The molecule has 0 saturated heterocycles. The molecule has 4 heteroatoms. The normalized spacial score (nSPS) is 15.9. The summed E-state index contributed by atoms with van der Waals surface area (Å²) in [6.45, 7) is 0. The maximum Gasteiger partial charge on any atom is 0.147 e. The Labute approximate surface area is 336 Å². The Morgan fingerprint density at radius 3 is 1.88 bits per heavy atom. The van der Waals surface area contributed by atoms with Crippen LogP contribution in [0.2, 0.25) is 0 Å². The van der Waals surface area contributed by atoms with Gasteiger partial charge in [0.1, 0.15) is 28.8 Å². The molecule has 0 amide bonds. The number of benzene rings is 8. The van der Waals surface area contributed by atoms with Crippen LogP contribution >= 0.6 is 0 Å². The molecule has 274 valence electrons. The molecule has 1 aromatic heterocycles. The van der Waals surface area contributed by atoms with Gasteiger partial charge in [0, 0.05) is 45.8 Å². The lowest BCUT2D eigenvalue weighted by Gasteiger charge is -2.39. The number of hydrogen-bond acceptors (Lipinski definition) is 4. The van der Waals surface area contributed by atoms with E-state index in [1.807, 2.05) is 12.1 Å². The van der Waals surface area contributed by atoms with E-state index < -0.39 is 5.41 Å². The first kappa shape index (κ1) is 32.8. The first-order valence-electron chi connectivity index (χ1n) is 19.9. The quantitative estimate of drug-likeness (QED) is 0.180. The molecular formula is C54H36N2O2. The lowest BCUT2D eigenvalue weighted by molar-refractivity contribution is 0.364. The maximum absolute atomic E-state index is 6.92. The van der Waals surface area contributed by atoms with Gasteiger partial charge in [-0.25, -0.2) is 0 Å². The molecule has 0 bridgehead atoms. The van der Waals surface area contributed by atoms with Crippen molar-refractivity contribution in [2.75, 3.05) is 7.05 Å². The number of para-hydroxylation sites is 2. The van der Waals surface area contributed by atoms with Gasteiger partial charge in [0.25, 0.3) is 0 Å². The van der Waals surface area contributed by atoms with Crippen LogP contribution in [0.25, 0.3) is 49.9 Å². The van der Waals surface area contributed by atoms with Gasteiger partial charge in [-0.05, 0) is 75.4 Å². The molecule has 0 N–H and O–H groups in total. The van der Waals surface area contributed by atoms with Gasteiger partial charge < -0.3 is 14.1 Å². The van der Waals surface area contributed by atoms with E-state index in [0.29, 0.717) is 0 Å². The van der Waals surface area contributed by atoms with Crippen LogP contribution in [-0.4, -0.2) is 17.7 Å². The average molecular weight is 745 g/mol. The van der Waals surface area contributed by atoms with Crippen molar-refractivity contribution in [1.82, 2.24) is 4.90 Å². The van der Waals surface area contributed by atoms with Crippen LogP contribution in [0.3, 0.4) is 0 Å². The zero-order valence-electron chi connectivity index (χ0n) is 31.8. The van der Waals surface area contributed by atoms with E-state index >= 15 is 0 Å². The van der Waals surface area contributed by atoms with E-state index in [0.717, 1.165) is 78.2 Å². The molecule has 9 aromatic rings. The third-order valence-electron chi connectivity index (χ3n) is 12.4. The smallest absolute Gasteiger partial charge is 0.147 e. The van der Waals surface area contributed by atoms with Crippen LogP contribution in [-0.2, 0) is 5.41 Å². The number of nitrogens with zero attached hydrogens (tertiary/aromatic N) is 2. The Morgan fingerprint density at radius 1 is 0.483 bits per heavy atom. The largest absolute Gasteiger partial charge is 0.457 e. The molecule has 8 aromatic carbocycles. The van der Waals surface area contributed by atoms with Crippen LogP contribution in [0, 0.1) is 0 Å². The van der Waals surface area contributed by atoms with E-state index in [1.54, 1.807) is 0 Å². The van der Waals surface area contributed by atoms with Crippen molar-refractivity contribution in [3.8, 4) is 33.8 Å². The van der Waals surface area contributed by atoms with Gasteiger partial charge in [-0.15, -0.1) is 0 Å². The molecule has 1 atom stereocenters. The Morgan fingerprint density at radius 2 is 1.09 bits per heavy atom. The second-order valence-corrected chi connectivity index (χ2v) is 15.4. The van der Waals surface area contributed by atoms with E-state index in [-0.39, 0.29) is 6.17 Å². The monoisotopic (exact) mass is 744 g/mol. The van der Waals surface area contributed by atoms with Crippen LogP contribution < -0.4 is 4.74 Å². The second-order valence-electron chi connectivity index (χ2n) is 15.4. The topological polar surface area (TPSA) is 38.0 Å². The van der Waals surface area contributed by atoms with Crippen molar-refractivity contribution in [3.63, 3.8) is 0 Å². The van der Waals surface area contributed by atoms with Crippen molar-refractivity contribution in [2.45, 2.75) is 11.6 Å². The molecule has 1 unspecified atom stereocenters. The minimum absolute atomic E-state index is 0.235. The maximum atomic E-state index is 6.92.